The highest BCUT2D eigenvalue weighted by Crippen LogP contribution is 2.20. The number of aromatic nitrogens is 1. The van der Waals surface area contributed by atoms with Gasteiger partial charge in [0.25, 0.3) is 0 Å². The second-order valence-electron chi connectivity index (χ2n) is 3.12. The number of ether oxygens (including phenoxy) is 2. The van der Waals surface area contributed by atoms with Gasteiger partial charge in [0.05, 0.1) is 13.2 Å². The Labute approximate surface area is 90.6 Å². The van der Waals surface area contributed by atoms with Gasteiger partial charge in [0.15, 0.2) is 11.6 Å². The third-order valence-corrected chi connectivity index (χ3v) is 1.83. The zero-order valence-electron chi connectivity index (χ0n) is 9.32. The van der Waals surface area contributed by atoms with E-state index in [9.17, 15) is 0 Å². The minimum absolute atomic E-state index is 0.657. The summed E-state index contributed by atoms with van der Waals surface area (Å²) < 4.78 is 10.5. The lowest BCUT2D eigenvalue weighted by atomic mass is 10.4. The van der Waals surface area contributed by atoms with Gasteiger partial charge < -0.3 is 14.8 Å². The van der Waals surface area contributed by atoms with E-state index in [1.807, 2.05) is 12.1 Å². The maximum Gasteiger partial charge on any atom is 0.168 e. The number of anilines is 1. The quantitative estimate of drug-likeness (QED) is 0.698. The summed E-state index contributed by atoms with van der Waals surface area (Å²) in [7, 11) is 1.68. The van der Waals surface area contributed by atoms with Crippen molar-refractivity contribution >= 4 is 5.82 Å². The van der Waals surface area contributed by atoms with Crippen molar-refractivity contribution in [3.63, 3.8) is 0 Å². The van der Waals surface area contributed by atoms with E-state index in [0.717, 1.165) is 24.5 Å². The van der Waals surface area contributed by atoms with E-state index in [1.54, 1.807) is 13.3 Å². The van der Waals surface area contributed by atoms with Crippen molar-refractivity contribution in [2.75, 3.05) is 32.2 Å². The number of methoxy groups -OCH3 is 1. The fourth-order valence-electron chi connectivity index (χ4n) is 1.12. The van der Waals surface area contributed by atoms with Gasteiger partial charge in [-0.05, 0) is 18.6 Å². The van der Waals surface area contributed by atoms with Gasteiger partial charge in [-0.15, -0.1) is 0 Å². The first kappa shape index (κ1) is 11.8. The molecule has 0 saturated carbocycles. The number of rotatable bonds is 7. The lowest BCUT2D eigenvalue weighted by Crippen LogP contribution is -2.10. The highest BCUT2D eigenvalue weighted by atomic mass is 16.5. The van der Waals surface area contributed by atoms with Gasteiger partial charge in [-0.25, -0.2) is 4.98 Å². The van der Waals surface area contributed by atoms with Crippen LogP contribution in [0.1, 0.15) is 13.3 Å². The van der Waals surface area contributed by atoms with Crippen LogP contribution in [0.15, 0.2) is 18.3 Å². The van der Waals surface area contributed by atoms with Crippen molar-refractivity contribution in [3.05, 3.63) is 18.3 Å². The zero-order valence-corrected chi connectivity index (χ0v) is 9.32. The van der Waals surface area contributed by atoms with Gasteiger partial charge in [0, 0.05) is 19.9 Å². The van der Waals surface area contributed by atoms with Gasteiger partial charge in [0.2, 0.25) is 0 Å². The molecular formula is C11H18N2O2. The van der Waals surface area contributed by atoms with Crippen molar-refractivity contribution in [2.45, 2.75) is 13.3 Å². The van der Waals surface area contributed by atoms with Gasteiger partial charge in [0.1, 0.15) is 0 Å². The number of hydrogen-bond donors (Lipinski definition) is 1. The Morgan fingerprint density at radius 2 is 2.27 bits per heavy atom. The minimum atomic E-state index is 0.657. The molecule has 4 nitrogen and oxygen atoms in total. The molecule has 1 heterocycles. The highest BCUT2D eigenvalue weighted by molar-refractivity contribution is 5.49. The van der Waals surface area contributed by atoms with Crippen LogP contribution in [0.2, 0.25) is 0 Å². The Morgan fingerprint density at radius 3 is 3.00 bits per heavy atom. The molecule has 0 atom stereocenters. The first-order valence-electron chi connectivity index (χ1n) is 5.19. The minimum Gasteiger partial charge on any atom is -0.490 e. The van der Waals surface area contributed by atoms with E-state index in [1.165, 1.54) is 0 Å². The number of hydrogen-bond acceptors (Lipinski definition) is 4. The third kappa shape index (κ3) is 4.16. The fourth-order valence-corrected chi connectivity index (χ4v) is 1.12. The van der Waals surface area contributed by atoms with E-state index in [2.05, 4.69) is 17.2 Å². The topological polar surface area (TPSA) is 43.4 Å². The summed E-state index contributed by atoms with van der Waals surface area (Å²) in [5.74, 6) is 1.58. The van der Waals surface area contributed by atoms with Crippen molar-refractivity contribution in [3.8, 4) is 5.75 Å². The van der Waals surface area contributed by atoms with Crippen LogP contribution in [0.5, 0.6) is 5.75 Å². The molecule has 4 heteroatoms. The maximum atomic E-state index is 5.55. The molecule has 0 aromatic carbocycles. The first-order chi connectivity index (χ1) is 7.38. The van der Waals surface area contributed by atoms with Gasteiger partial charge in [-0.2, -0.15) is 0 Å². The molecule has 84 valence electrons. The molecular weight excluding hydrogens is 192 g/mol. The molecule has 0 saturated heterocycles. The number of nitrogens with zero attached hydrogens (tertiary/aromatic N) is 1. The van der Waals surface area contributed by atoms with Crippen molar-refractivity contribution < 1.29 is 9.47 Å². The van der Waals surface area contributed by atoms with Crippen molar-refractivity contribution in [1.29, 1.82) is 0 Å². The van der Waals surface area contributed by atoms with Crippen molar-refractivity contribution in [1.82, 2.24) is 4.98 Å². The van der Waals surface area contributed by atoms with Crippen LogP contribution < -0.4 is 10.1 Å². The summed E-state index contributed by atoms with van der Waals surface area (Å²) in [6.07, 6.45) is 2.74. The smallest absolute Gasteiger partial charge is 0.168 e. The molecule has 0 fully saturated rings. The Morgan fingerprint density at radius 1 is 1.40 bits per heavy atom. The molecule has 0 radical (unpaired) electrons. The lowest BCUT2D eigenvalue weighted by Gasteiger charge is -2.10. The number of pyridine rings is 1. The van der Waals surface area contributed by atoms with Crippen LogP contribution in [-0.4, -0.2) is 31.9 Å². The van der Waals surface area contributed by atoms with Crippen LogP contribution in [0.3, 0.4) is 0 Å². The van der Waals surface area contributed by atoms with Gasteiger partial charge >= 0.3 is 0 Å². The van der Waals surface area contributed by atoms with Gasteiger partial charge in [-0.1, -0.05) is 6.92 Å². The van der Waals surface area contributed by atoms with Crippen LogP contribution in [0, 0.1) is 0 Å². The second-order valence-corrected chi connectivity index (χ2v) is 3.12. The molecule has 0 bridgehead atoms. The maximum absolute atomic E-state index is 5.55. The monoisotopic (exact) mass is 210 g/mol. The zero-order chi connectivity index (χ0) is 10.9. The molecule has 0 unspecified atom stereocenters. The summed E-state index contributed by atoms with van der Waals surface area (Å²) in [6.45, 7) is 4.18. The fraction of sp³-hybridized carbons (Fsp3) is 0.545. The Balaban J connectivity index is 2.52. The van der Waals surface area contributed by atoms with Crippen LogP contribution in [0.4, 0.5) is 5.82 Å². The predicted molar refractivity (Wildman–Crippen MR) is 60.4 cm³/mol. The van der Waals surface area contributed by atoms with E-state index < -0.39 is 0 Å². The van der Waals surface area contributed by atoms with E-state index in [0.29, 0.717) is 13.2 Å². The Kier molecular flexibility index (Phi) is 5.55. The average Bonchev–Trinajstić information content (AvgIpc) is 2.28. The normalized spacial score (nSPS) is 10.0. The summed E-state index contributed by atoms with van der Waals surface area (Å²) in [5.41, 5.74) is 0. The summed E-state index contributed by atoms with van der Waals surface area (Å²) in [4.78, 5) is 4.21. The summed E-state index contributed by atoms with van der Waals surface area (Å²) in [5, 5.41) is 3.16. The molecule has 15 heavy (non-hydrogen) atoms. The van der Waals surface area contributed by atoms with Crippen LogP contribution in [-0.2, 0) is 4.74 Å². The van der Waals surface area contributed by atoms with E-state index in [-0.39, 0.29) is 0 Å². The molecule has 0 amide bonds. The standard InChI is InChI=1S/C11H18N2O2/c1-3-8-15-10-5-4-6-12-11(10)13-7-9-14-2/h4-6H,3,7-9H2,1-2H3,(H,12,13). The molecule has 0 aliphatic heterocycles. The molecule has 0 aliphatic rings. The van der Waals surface area contributed by atoms with Crippen LogP contribution in [0.25, 0.3) is 0 Å². The van der Waals surface area contributed by atoms with Crippen LogP contribution >= 0.6 is 0 Å². The lowest BCUT2D eigenvalue weighted by molar-refractivity contribution is 0.210. The molecule has 1 N–H and O–H groups in total. The first-order valence-corrected chi connectivity index (χ1v) is 5.19. The van der Waals surface area contributed by atoms with Gasteiger partial charge in [-0.3, -0.25) is 0 Å². The average molecular weight is 210 g/mol. The van der Waals surface area contributed by atoms with E-state index >= 15 is 0 Å². The van der Waals surface area contributed by atoms with Crippen molar-refractivity contribution in [2.24, 2.45) is 0 Å². The molecule has 1 rings (SSSR count). The Hall–Kier alpha value is -1.29. The number of nitrogens with one attached hydrogen (secondary N) is 1. The molecule has 0 aliphatic carbocycles. The second kappa shape index (κ2) is 7.06. The molecule has 1 aromatic heterocycles. The highest BCUT2D eigenvalue weighted by Gasteiger charge is 2.02. The SMILES string of the molecule is CCCOc1cccnc1NCCOC. The summed E-state index contributed by atoms with van der Waals surface area (Å²) >= 11 is 0. The molecule has 1 aromatic rings. The third-order valence-electron chi connectivity index (χ3n) is 1.83. The Bertz CT molecular complexity index is 279. The summed E-state index contributed by atoms with van der Waals surface area (Å²) in [6, 6.07) is 3.78. The molecule has 0 spiro atoms. The largest absolute Gasteiger partial charge is 0.490 e. The van der Waals surface area contributed by atoms with E-state index in [4.69, 9.17) is 9.47 Å². The predicted octanol–water partition coefficient (Wildman–Crippen LogP) is 1.93.